The van der Waals surface area contributed by atoms with E-state index in [1.165, 1.54) is 4.31 Å². The van der Waals surface area contributed by atoms with E-state index in [9.17, 15) is 8.42 Å². The minimum absolute atomic E-state index is 0.0873. The molecule has 21 heavy (non-hydrogen) atoms. The van der Waals surface area contributed by atoms with Gasteiger partial charge in [0, 0.05) is 13.1 Å². The summed E-state index contributed by atoms with van der Waals surface area (Å²) >= 11 is 0. The Morgan fingerprint density at radius 2 is 1.76 bits per heavy atom. The first kappa shape index (κ1) is 16.3. The Kier molecular flexibility index (Phi) is 5.24. The number of sulfonamides is 1. The maximum absolute atomic E-state index is 12.6. The van der Waals surface area contributed by atoms with Crippen LogP contribution in [0.25, 0.3) is 0 Å². The first-order valence-corrected chi connectivity index (χ1v) is 8.76. The van der Waals surface area contributed by atoms with Crippen LogP contribution in [0.3, 0.4) is 0 Å². The molecule has 0 bridgehead atoms. The number of rotatable bonds is 5. The highest BCUT2D eigenvalue weighted by molar-refractivity contribution is 7.89. The highest BCUT2D eigenvalue weighted by Crippen LogP contribution is 2.23. The molecule has 6 heteroatoms. The topological polar surface area (TPSA) is 55.8 Å². The molecule has 1 fully saturated rings. The van der Waals surface area contributed by atoms with Gasteiger partial charge in [-0.05, 0) is 44.5 Å². The summed E-state index contributed by atoms with van der Waals surface area (Å²) in [6.07, 6.45) is 0.746. The highest BCUT2D eigenvalue weighted by Gasteiger charge is 2.32. The predicted octanol–water partition coefficient (Wildman–Crippen LogP) is 2.27. The predicted molar refractivity (Wildman–Crippen MR) is 81.0 cm³/mol. The third-order valence-electron chi connectivity index (χ3n) is 3.32. The number of morpholine rings is 1. The zero-order valence-electron chi connectivity index (χ0n) is 12.8. The van der Waals surface area contributed by atoms with E-state index >= 15 is 0 Å². The van der Waals surface area contributed by atoms with Crippen molar-refractivity contribution in [3.63, 3.8) is 0 Å². The van der Waals surface area contributed by atoms with Crippen LogP contribution < -0.4 is 4.74 Å². The lowest BCUT2D eigenvalue weighted by Gasteiger charge is -2.34. The summed E-state index contributed by atoms with van der Waals surface area (Å²) in [5, 5.41) is 0. The molecular weight excluding hydrogens is 290 g/mol. The van der Waals surface area contributed by atoms with E-state index in [4.69, 9.17) is 9.47 Å². The Morgan fingerprint density at radius 3 is 2.29 bits per heavy atom. The molecular formula is C15H23NO4S. The summed E-state index contributed by atoms with van der Waals surface area (Å²) in [6.45, 7) is 7.21. The van der Waals surface area contributed by atoms with Crippen molar-refractivity contribution >= 4 is 10.0 Å². The molecule has 5 nitrogen and oxygen atoms in total. The van der Waals surface area contributed by atoms with E-state index in [-0.39, 0.29) is 12.2 Å². The summed E-state index contributed by atoms with van der Waals surface area (Å²) < 4.78 is 37.8. The normalized spacial score (nSPS) is 24.0. The number of hydrogen-bond donors (Lipinski definition) is 0. The number of hydrogen-bond acceptors (Lipinski definition) is 4. The summed E-state index contributed by atoms with van der Waals surface area (Å²) in [4.78, 5) is 0.299. The van der Waals surface area contributed by atoms with Crippen molar-refractivity contribution in [3.05, 3.63) is 24.3 Å². The van der Waals surface area contributed by atoms with Crippen molar-refractivity contribution in [1.29, 1.82) is 0 Å². The molecule has 1 saturated heterocycles. The van der Waals surface area contributed by atoms with Gasteiger partial charge in [-0.2, -0.15) is 4.31 Å². The Labute approximate surface area is 126 Å². The van der Waals surface area contributed by atoms with Crippen molar-refractivity contribution in [2.75, 3.05) is 19.7 Å². The van der Waals surface area contributed by atoms with Crippen LogP contribution in [0, 0.1) is 0 Å². The minimum atomic E-state index is -3.47. The molecule has 118 valence electrons. The summed E-state index contributed by atoms with van der Waals surface area (Å²) in [5.41, 5.74) is 0. The van der Waals surface area contributed by atoms with E-state index in [1.807, 2.05) is 20.8 Å². The average molecular weight is 313 g/mol. The van der Waals surface area contributed by atoms with Crippen molar-refractivity contribution in [1.82, 2.24) is 4.31 Å². The fraction of sp³-hybridized carbons (Fsp3) is 0.600. The number of benzene rings is 1. The standard InChI is InChI=1S/C15H23NO4S/c1-4-9-19-14-5-7-15(8-6-14)21(17,18)16-10-12(2)20-13(3)11-16/h5-8,12-13H,4,9-11H2,1-3H3/t12-,13-/m1/s1. The SMILES string of the molecule is CCCOc1ccc(S(=O)(=O)N2C[C@@H](C)O[C@H](C)C2)cc1. The van der Waals surface area contributed by atoms with Gasteiger partial charge >= 0.3 is 0 Å². The third-order valence-corrected chi connectivity index (χ3v) is 5.17. The lowest BCUT2D eigenvalue weighted by Crippen LogP contribution is -2.48. The molecule has 1 aliphatic rings. The second-order valence-corrected chi connectivity index (χ2v) is 7.34. The maximum Gasteiger partial charge on any atom is 0.243 e. The zero-order chi connectivity index (χ0) is 15.5. The summed E-state index contributed by atoms with van der Waals surface area (Å²) in [5.74, 6) is 0.694. The van der Waals surface area contributed by atoms with Crippen LogP contribution in [0.15, 0.2) is 29.2 Å². The molecule has 0 amide bonds. The van der Waals surface area contributed by atoms with E-state index in [2.05, 4.69) is 0 Å². The van der Waals surface area contributed by atoms with Crippen molar-refractivity contribution in [2.45, 2.75) is 44.3 Å². The van der Waals surface area contributed by atoms with Gasteiger partial charge in [0.2, 0.25) is 10.0 Å². The van der Waals surface area contributed by atoms with Crippen molar-refractivity contribution in [3.8, 4) is 5.75 Å². The van der Waals surface area contributed by atoms with E-state index in [1.54, 1.807) is 24.3 Å². The third kappa shape index (κ3) is 3.96. The van der Waals surface area contributed by atoms with Gasteiger partial charge in [0.15, 0.2) is 0 Å². The molecule has 2 rings (SSSR count). The van der Waals surface area contributed by atoms with Gasteiger partial charge in [-0.1, -0.05) is 6.92 Å². The Bertz CT molecular complexity index is 546. The van der Waals surface area contributed by atoms with Crippen LogP contribution in [-0.4, -0.2) is 44.6 Å². The quantitative estimate of drug-likeness (QED) is 0.837. The monoisotopic (exact) mass is 313 g/mol. The van der Waals surface area contributed by atoms with Gasteiger partial charge in [0.1, 0.15) is 5.75 Å². The highest BCUT2D eigenvalue weighted by atomic mass is 32.2. The van der Waals surface area contributed by atoms with Gasteiger partial charge < -0.3 is 9.47 Å². The van der Waals surface area contributed by atoms with Gasteiger partial charge in [0.05, 0.1) is 23.7 Å². The lowest BCUT2D eigenvalue weighted by molar-refractivity contribution is -0.0440. The molecule has 1 aliphatic heterocycles. The van der Waals surface area contributed by atoms with Crippen LogP contribution in [-0.2, 0) is 14.8 Å². The first-order valence-electron chi connectivity index (χ1n) is 7.32. The molecule has 0 spiro atoms. The fourth-order valence-corrected chi connectivity index (χ4v) is 3.99. The van der Waals surface area contributed by atoms with Gasteiger partial charge in [-0.3, -0.25) is 0 Å². The number of nitrogens with zero attached hydrogens (tertiary/aromatic N) is 1. The van der Waals surface area contributed by atoms with Crippen LogP contribution in [0.4, 0.5) is 0 Å². The molecule has 0 saturated carbocycles. The van der Waals surface area contributed by atoms with Crippen molar-refractivity contribution in [2.24, 2.45) is 0 Å². The van der Waals surface area contributed by atoms with Gasteiger partial charge in [0.25, 0.3) is 0 Å². The Hall–Kier alpha value is -1.11. The van der Waals surface area contributed by atoms with Gasteiger partial charge in [-0.15, -0.1) is 0 Å². The maximum atomic E-state index is 12.6. The summed E-state index contributed by atoms with van der Waals surface area (Å²) in [7, 11) is -3.47. The number of ether oxygens (including phenoxy) is 2. The summed E-state index contributed by atoms with van der Waals surface area (Å²) in [6, 6.07) is 6.61. The van der Waals surface area contributed by atoms with E-state index in [0.717, 1.165) is 6.42 Å². The molecule has 0 N–H and O–H groups in total. The largest absolute Gasteiger partial charge is 0.494 e. The fourth-order valence-electron chi connectivity index (χ4n) is 2.40. The molecule has 0 radical (unpaired) electrons. The molecule has 1 heterocycles. The van der Waals surface area contributed by atoms with Crippen LogP contribution in [0.2, 0.25) is 0 Å². The van der Waals surface area contributed by atoms with Crippen molar-refractivity contribution < 1.29 is 17.9 Å². The zero-order valence-corrected chi connectivity index (χ0v) is 13.6. The van der Waals surface area contributed by atoms with Gasteiger partial charge in [-0.25, -0.2) is 8.42 Å². The van der Waals surface area contributed by atoms with E-state index < -0.39 is 10.0 Å². The van der Waals surface area contributed by atoms with Crippen LogP contribution in [0.1, 0.15) is 27.2 Å². The molecule has 1 aromatic carbocycles. The molecule has 0 aromatic heterocycles. The molecule has 1 aromatic rings. The second kappa shape index (κ2) is 6.77. The second-order valence-electron chi connectivity index (χ2n) is 5.40. The Morgan fingerprint density at radius 1 is 1.19 bits per heavy atom. The molecule has 2 atom stereocenters. The lowest BCUT2D eigenvalue weighted by atomic mass is 10.3. The van der Waals surface area contributed by atoms with E-state index in [0.29, 0.717) is 30.3 Å². The average Bonchev–Trinajstić information content (AvgIpc) is 2.44. The molecule has 0 unspecified atom stereocenters. The molecule has 0 aliphatic carbocycles. The Balaban J connectivity index is 2.15. The smallest absolute Gasteiger partial charge is 0.243 e. The first-order chi connectivity index (χ1) is 9.93. The van der Waals surface area contributed by atoms with Crippen LogP contribution >= 0.6 is 0 Å². The van der Waals surface area contributed by atoms with Crippen LogP contribution in [0.5, 0.6) is 5.75 Å². The minimum Gasteiger partial charge on any atom is -0.494 e.